The van der Waals surface area contributed by atoms with E-state index < -0.39 is 5.60 Å². The van der Waals surface area contributed by atoms with Crippen LogP contribution in [-0.2, 0) is 18.4 Å². The Balaban J connectivity index is 1.96. The van der Waals surface area contributed by atoms with Crippen LogP contribution < -0.4 is 4.74 Å². The summed E-state index contributed by atoms with van der Waals surface area (Å²) in [6.07, 6.45) is 1.25. The predicted octanol–water partition coefficient (Wildman–Crippen LogP) is 3.97. The van der Waals surface area contributed by atoms with Gasteiger partial charge in [0.05, 0.1) is 12.2 Å². The summed E-state index contributed by atoms with van der Waals surface area (Å²) in [5.74, 6) is 0.512. The summed E-state index contributed by atoms with van der Waals surface area (Å²) < 4.78 is 20.0. The average Bonchev–Trinajstić information content (AvgIpc) is 2.86. The van der Waals surface area contributed by atoms with Crippen LogP contribution in [0.4, 0.5) is 4.39 Å². The van der Waals surface area contributed by atoms with Crippen LogP contribution in [-0.4, -0.2) is 11.7 Å². The second-order valence-electron chi connectivity index (χ2n) is 5.61. The Hall–Kier alpha value is -1.39. The molecule has 1 heterocycles. The van der Waals surface area contributed by atoms with Gasteiger partial charge in [0.15, 0.2) is 0 Å². The van der Waals surface area contributed by atoms with Crippen molar-refractivity contribution in [1.29, 1.82) is 0 Å². The molecule has 0 saturated heterocycles. The first kappa shape index (κ1) is 14.5. The van der Waals surface area contributed by atoms with Crippen LogP contribution in [0, 0.1) is 5.82 Å². The lowest BCUT2D eigenvalue weighted by Crippen LogP contribution is -2.24. The molecule has 0 fully saturated rings. The number of halogens is 2. The first-order valence-corrected chi connectivity index (χ1v) is 7.67. The highest BCUT2D eigenvalue weighted by Crippen LogP contribution is 2.37. The van der Waals surface area contributed by atoms with Crippen molar-refractivity contribution >= 4 is 15.9 Å². The molecule has 0 amide bonds. The lowest BCUT2D eigenvalue weighted by atomic mass is 9.88. The Morgan fingerprint density at radius 2 is 2.14 bits per heavy atom. The number of ether oxygens (including phenoxy) is 1. The lowest BCUT2D eigenvalue weighted by Gasteiger charge is -2.25. The highest BCUT2D eigenvalue weighted by molar-refractivity contribution is 9.10. The van der Waals surface area contributed by atoms with Crippen LogP contribution in [0.2, 0.25) is 0 Å². The minimum absolute atomic E-state index is 0.344. The van der Waals surface area contributed by atoms with Crippen LogP contribution in [0.25, 0.3) is 0 Å². The van der Waals surface area contributed by atoms with E-state index in [9.17, 15) is 9.50 Å². The molecule has 110 valence electrons. The van der Waals surface area contributed by atoms with Gasteiger partial charge in [0, 0.05) is 17.3 Å². The molecular formula is C17H16BrFO2. The summed E-state index contributed by atoms with van der Waals surface area (Å²) in [7, 11) is 0. The Bertz CT molecular complexity index is 682. The maximum atomic E-state index is 13.4. The van der Waals surface area contributed by atoms with E-state index in [0.29, 0.717) is 18.6 Å². The van der Waals surface area contributed by atoms with Gasteiger partial charge in [0.2, 0.25) is 0 Å². The molecule has 21 heavy (non-hydrogen) atoms. The molecule has 1 unspecified atom stereocenters. The first-order chi connectivity index (χ1) is 9.95. The predicted molar refractivity (Wildman–Crippen MR) is 83.0 cm³/mol. The maximum absolute atomic E-state index is 13.4. The third-order valence-electron chi connectivity index (χ3n) is 3.81. The zero-order valence-electron chi connectivity index (χ0n) is 11.7. The van der Waals surface area contributed by atoms with Crippen molar-refractivity contribution < 1.29 is 14.2 Å². The van der Waals surface area contributed by atoms with E-state index in [1.54, 1.807) is 19.1 Å². The number of hydrogen-bond acceptors (Lipinski definition) is 2. The normalized spacial score (nSPS) is 16.2. The van der Waals surface area contributed by atoms with Crippen LogP contribution in [0.5, 0.6) is 5.75 Å². The van der Waals surface area contributed by atoms with Gasteiger partial charge in [-0.25, -0.2) is 4.39 Å². The van der Waals surface area contributed by atoms with Gasteiger partial charge in [-0.1, -0.05) is 28.1 Å². The number of rotatable bonds is 3. The monoisotopic (exact) mass is 350 g/mol. The van der Waals surface area contributed by atoms with E-state index in [2.05, 4.69) is 15.9 Å². The molecule has 0 saturated carbocycles. The number of aliphatic hydroxyl groups is 1. The third-order valence-corrected chi connectivity index (χ3v) is 4.26. The van der Waals surface area contributed by atoms with Crippen molar-refractivity contribution in [1.82, 2.24) is 0 Å². The van der Waals surface area contributed by atoms with Crippen LogP contribution in [0.3, 0.4) is 0 Å². The molecule has 0 radical (unpaired) electrons. The fourth-order valence-corrected chi connectivity index (χ4v) is 3.33. The zero-order chi connectivity index (χ0) is 15.0. The minimum atomic E-state index is -1.15. The van der Waals surface area contributed by atoms with Gasteiger partial charge in [-0.15, -0.1) is 0 Å². The largest absolute Gasteiger partial charge is 0.493 e. The second-order valence-corrected chi connectivity index (χ2v) is 6.53. The molecule has 2 aromatic carbocycles. The second kappa shape index (κ2) is 5.43. The van der Waals surface area contributed by atoms with Gasteiger partial charge < -0.3 is 9.84 Å². The van der Waals surface area contributed by atoms with Crippen molar-refractivity contribution in [2.75, 3.05) is 6.61 Å². The Morgan fingerprint density at radius 3 is 2.90 bits per heavy atom. The Kier molecular flexibility index (Phi) is 3.76. The Labute approximate surface area is 131 Å². The van der Waals surface area contributed by atoms with E-state index >= 15 is 0 Å². The molecule has 0 aliphatic carbocycles. The van der Waals surface area contributed by atoms with Crippen LogP contribution in [0.1, 0.15) is 23.6 Å². The van der Waals surface area contributed by atoms with Crippen molar-refractivity contribution in [2.24, 2.45) is 0 Å². The maximum Gasteiger partial charge on any atom is 0.126 e. The molecule has 0 aromatic heterocycles. The summed E-state index contributed by atoms with van der Waals surface area (Å²) in [5.41, 5.74) is 1.50. The molecule has 4 heteroatoms. The molecule has 1 aliphatic heterocycles. The summed E-state index contributed by atoms with van der Waals surface area (Å²) in [5, 5.41) is 10.7. The summed E-state index contributed by atoms with van der Waals surface area (Å²) in [4.78, 5) is 0. The van der Waals surface area contributed by atoms with Crippen molar-refractivity contribution in [3.8, 4) is 5.75 Å². The molecule has 3 rings (SSSR count). The zero-order valence-corrected chi connectivity index (χ0v) is 13.3. The minimum Gasteiger partial charge on any atom is -0.493 e. The third kappa shape index (κ3) is 2.97. The fraction of sp³-hybridized carbons (Fsp3) is 0.294. The molecular weight excluding hydrogens is 335 g/mol. The van der Waals surface area contributed by atoms with Crippen molar-refractivity contribution in [2.45, 2.75) is 25.4 Å². The van der Waals surface area contributed by atoms with Crippen LogP contribution in [0.15, 0.2) is 40.9 Å². The van der Waals surface area contributed by atoms with E-state index in [-0.39, 0.29) is 5.82 Å². The Morgan fingerprint density at radius 1 is 1.33 bits per heavy atom. The van der Waals surface area contributed by atoms with Crippen molar-refractivity contribution in [3.63, 3.8) is 0 Å². The van der Waals surface area contributed by atoms with Gasteiger partial charge in [-0.3, -0.25) is 0 Å². The van der Waals surface area contributed by atoms with Gasteiger partial charge in [-0.2, -0.15) is 0 Å². The van der Waals surface area contributed by atoms with Crippen LogP contribution >= 0.6 is 15.9 Å². The fourth-order valence-electron chi connectivity index (χ4n) is 2.77. The molecule has 1 atom stereocenters. The first-order valence-electron chi connectivity index (χ1n) is 6.88. The summed E-state index contributed by atoms with van der Waals surface area (Å²) >= 11 is 3.49. The molecule has 0 bridgehead atoms. The lowest BCUT2D eigenvalue weighted by molar-refractivity contribution is 0.0566. The van der Waals surface area contributed by atoms with Crippen molar-refractivity contribution in [3.05, 3.63) is 63.4 Å². The quantitative estimate of drug-likeness (QED) is 0.907. The number of benzene rings is 2. The van der Waals surface area contributed by atoms with Gasteiger partial charge in [0.25, 0.3) is 0 Å². The molecule has 1 aliphatic rings. The highest BCUT2D eigenvalue weighted by atomic mass is 79.9. The molecule has 0 spiro atoms. The van der Waals surface area contributed by atoms with Gasteiger partial charge >= 0.3 is 0 Å². The highest BCUT2D eigenvalue weighted by Gasteiger charge is 2.28. The summed E-state index contributed by atoms with van der Waals surface area (Å²) in [6.45, 7) is 2.37. The van der Waals surface area contributed by atoms with E-state index in [4.69, 9.17) is 4.74 Å². The van der Waals surface area contributed by atoms with Gasteiger partial charge in [0.1, 0.15) is 11.6 Å². The topological polar surface area (TPSA) is 29.5 Å². The average molecular weight is 351 g/mol. The van der Waals surface area contributed by atoms with E-state index in [1.165, 1.54) is 12.1 Å². The van der Waals surface area contributed by atoms with E-state index in [1.807, 2.05) is 12.1 Å². The number of fused-ring (bicyclic) bond motifs is 1. The SMILES string of the molecule is CC(O)(Cc1cc(Br)cc2c1OCC2)c1cccc(F)c1. The molecule has 2 aromatic rings. The number of hydrogen-bond donors (Lipinski definition) is 1. The molecule has 1 N–H and O–H groups in total. The van der Waals surface area contributed by atoms with Gasteiger partial charge in [-0.05, 0) is 47.9 Å². The smallest absolute Gasteiger partial charge is 0.126 e. The summed E-state index contributed by atoms with van der Waals surface area (Å²) in [6, 6.07) is 10.1. The standard InChI is InChI=1S/C17H16BrFO2/c1-17(20,13-3-2-4-15(19)9-13)10-12-8-14(18)7-11-5-6-21-16(11)12/h2-4,7-9,20H,5-6,10H2,1H3. The van der Waals surface area contributed by atoms with E-state index in [0.717, 1.165) is 27.8 Å². The molecule has 2 nitrogen and oxygen atoms in total.